The Morgan fingerprint density at radius 1 is 1.00 bits per heavy atom. The van der Waals surface area contributed by atoms with Gasteiger partial charge in [0.1, 0.15) is 5.75 Å². The van der Waals surface area contributed by atoms with E-state index in [0.29, 0.717) is 51.4 Å². The maximum atomic E-state index is 12.7. The fourth-order valence-corrected chi connectivity index (χ4v) is 4.86. The summed E-state index contributed by atoms with van der Waals surface area (Å²) in [6, 6.07) is 7.19. The normalized spacial score (nSPS) is 15.8. The van der Waals surface area contributed by atoms with Crippen LogP contribution in [0.1, 0.15) is 50.4 Å². The summed E-state index contributed by atoms with van der Waals surface area (Å²) in [6.07, 6.45) is 3.32. The lowest BCUT2D eigenvalue weighted by Gasteiger charge is -2.36. The highest BCUT2D eigenvalue weighted by Gasteiger charge is 2.32. The summed E-state index contributed by atoms with van der Waals surface area (Å²) in [4.78, 5) is 14.4. The van der Waals surface area contributed by atoms with Crippen LogP contribution in [0.2, 0.25) is 0 Å². The Morgan fingerprint density at radius 3 is 2.14 bits per heavy atom. The van der Waals surface area contributed by atoms with Crippen molar-refractivity contribution < 1.29 is 17.9 Å². The van der Waals surface area contributed by atoms with Gasteiger partial charge in [-0.25, -0.2) is 0 Å². The van der Waals surface area contributed by atoms with Crippen molar-refractivity contribution >= 4 is 16.1 Å². The van der Waals surface area contributed by atoms with Gasteiger partial charge in [0.05, 0.1) is 6.61 Å². The van der Waals surface area contributed by atoms with E-state index >= 15 is 0 Å². The molecule has 0 aromatic heterocycles. The molecule has 2 rings (SSSR count). The number of nitrogens with zero attached hydrogens (tertiary/aromatic N) is 3. The third-order valence-electron chi connectivity index (χ3n) is 5.00. The molecule has 1 fully saturated rings. The van der Waals surface area contributed by atoms with Crippen LogP contribution in [0.15, 0.2) is 24.3 Å². The maximum absolute atomic E-state index is 12.7. The third-order valence-corrected chi connectivity index (χ3v) is 7.19. The molecule has 8 heteroatoms. The predicted octanol–water partition coefficient (Wildman–Crippen LogP) is 2.60. The SMILES string of the molecule is CCCCCOc1ccc(C(=O)N2CCN(S(=O)(=O)N(CC)CC)CC2)cc1. The van der Waals surface area contributed by atoms with Crippen molar-refractivity contribution in [2.24, 2.45) is 0 Å². The topological polar surface area (TPSA) is 70.2 Å². The van der Waals surface area contributed by atoms with Crippen LogP contribution >= 0.6 is 0 Å². The summed E-state index contributed by atoms with van der Waals surface area (Å²) in [5.41, 5.74) is 0.598. The molecule has 0 aliphatic carbocycles. The van der Waals surface area contributed by atoms with Crippen molar-refractivity contribution in [2.45, 2.75) is 40.0 Å². The molecule has 1 aromatic carbocycles. The number of benzene rings is 1. The molecule has 1 saturated heterocycles. The van der Waals surface area contributed by atoms with Gasteiger partial charge in [-0.05, 0) is 30.7 Å². The number of hydrogen-bond donors (Lipinski definition) is 0. The highest BCUT2D eigenvalue weighted by Crippen LogP contribution is 2.17. The summed E-state index contributed by atoms with van der Waals surface area (Å²) in [6.45, 7) is 8.84. The van der Waals surface area contributed by atoms with Crippen LogP contribution < -0.4 is 4.74 Å². The number of amides is 1. The third kappa shape index (κ3) is 5.68. The van der Waals surface area contributed by atoms with E-state index in [9.17, 15) is 13.2 Å². The number of carbonyl (C=O) groups excluding carboxylic acids is 1. The Kier molecular flexibility index (Phi) is 8.72. The van der Waals surface area contributed by atoms with Crippen LogP contribution in [0.4, 0.5) is 0 Å². The first-order valence-electron chi connectivity index (χ1n) is 10.2. The first-order valence-corrected chi connectivity index (χ1v) is 11.6. The van der Waals surface area contributed by atoms with Gasteiger partial charge in [0, 0.05) is 44.8 Å². The Morgan fingerprint density at radius 2 is 1.61 bits per heavy atom. The van der Waals surface area contributed by atoms with E-state index in [1.54, 1.807) is 17.0 Å². The lowest BCUT2D eigenvalue weighted by Crippen LogP contribution is -2.54. The zero-order valence-electron chi connectivity index (χ0n) is 17.3. The minimum atomic E-state index is -3.44. The van der Waals surface area contributed by atoms with E-state index in [2.05, 4.69) is 6.92 Å². The fourth-order valence-electron chi connectivity index (χ4n) is 3.25. The molecule has 0 atom stereocenters. The molecule has 1 aliphatic heterocycles. The lowest BCUT2D eigenvalue weighted by atomic mass is 10.2. The van der Waals surface area contributed by atoms with Crippen molar-refractivity contribution in [1.82, 2.24) is 13.5 Å². The standard InChI is InChI=1S/C20H33N3O4S/c1-4-7-8-17-27-19-11-9-18(10-12-19)20(24)21-13-15-23(16-14-21)28(25,26)22(5-2)6-3/h9-12H,4-8,13-17H2,1-3H3. The molecule has 0 unspecified atom stereocenters. The summed E-state index contributed by atoms with van der Waals surface area (Å²) < 4.78 is 33.8. The van der Waals surface area contributed by atoms with E-state index in [1.165, 1.54) is 8.61 Å². The molecule has 0 bridgehead atoms. The Labute approximate surface area is 169 Å². The largest absolute Gasteiger partial charge is 0.494 e. The molecule has 7 nitrogen and oxygen atoms in total. The van der Waals surface area contributed by atoms with Crippen LogP contribution in [0, 0.1) is 0 Å². The van der Waals surface area contributed by atoms with Gasteiger partial charge in [0.2, 0.25) is 0 Å². The Balaban J connectivity index is 1.89. The molecule has 1 amide bonds. The first-order chi connectivity index (χ1) is 13.4. The van der Waals surface area contributed by atoms with Crippen LogP contribution in [-0.4, -0.2) is 73.7 Å². The van der Waals surface area contributed by atoms with Crippen LogP contribution in [0.3, 0.4) is 0 Å². The zero-order chi connectivity index (χ0) is 20.6. The van der Waals surface area contributed by atoms with Crippen molar-refractivity contribution in [1.29, 1.82) is 0 Å². The molecule has 158 valence electrons. The second kappa shape index (κ2) is 10.8. The quantitative estimate of drug-likeness (QED) is 0.555. The maximum Gasteiger partial charge on any atom is 0.282 e. The van der Waals surface area contributed by atoms with E-state index in [-0.39, 0.29) is 5.91 Å². The van der Waals surface area contributed by atoms with E-state index in [0.717, 1.165) is 25.0 Å². The number of piperazine rings is 1. The fraction of sp³-hybridized carbons (Fsp3) is 0.650. The molecular weight excluding hydrogens is 378 g/mol. The van der Waals surface area contributed by atoms with Gasteiger partial charge in [0.25, 0.3) is 16.1 Å². The number of carbonyl (C=O) groups is 1. The molecule has 28 heavy (non-hydrogen) atoms. The van der Waals surface area contributed by atoms with Gasteiger partial charge in [-0.2, -0.15) is 17.0 Å². The molecule has 1 aromatic rings. The zero-order valence-corrected chi connectivity index (χ0v) is 18.1. The molecular formula is C20H33N3O4S. The molecule has 0 N–H and O–H groups in total. The van der Waals surface area contributed by atoms with Crippen molar-refractivity contribution in [2.75, 3.05) is 45.9 Å². The Bertz CT molecular complexity index is 709. The smallest absolute Gasteiger partial charge is 0.282 e. The van der Waals surface area contributed by atoms with Gasteiger partial charge in [-0.1, -0.05) is 33.6 Å². The van der Waals surface area contributed by atoms with Gasteiger partial charge >= 0.3 is 0 Å². The summed E-state index contributed by atoms with van der Waals surface area (Å²) in [5.74, 6) is 0.695. The lowest BCUT2D eigenvalue weighted by molar-refractivity contribution is 0.0694. The average molecular weight is 412 g/mol. The van der Waals surface area contributed by atoms with E-state index < -0.39 is 10.2 Å². The highest BCUT2D eigenvalue weighted by molar-refractivity contribution is 7.86. The summed E-state index contributed by atoms with van der Waals surface area (Å²) in [5, 5.41) is 0. The van der Waals surface area contributed by atoms with Crippen LogP contribution in [0.25, 0.3) is 0 Å². The monoisotopic (exact) mass is 411 g/mol. The van der Waals surface area contributed by atoms with Crippen molar-refractivity contribution in [3.63, 3.8) is 0 Å². The second-order valence-corrected chi connectivity index (χ2v) is 8.79. The number of ether oxygens (including phenoxy) is 1. The molecule has 1 heterocycles. The van der Waals surface area contributed by atoms with Gasteiger partial charge in [0.15, 0.2) is 0 Å². The molecule has 0 spiro atoms. The molecule has 0 radical (unpaired) electrons. The minimum Gasteiger partial charge on any atom is -0.494 e. The van der Waals surface area contributed by atoms with E-state index in [1.807, 2.05) is 26.0 Å². The van der Waals surface area contributed by atoms with Gasteiger partial charge < -0.3 is 9.64 Å². The van der Waals surface area contributed by atoms with Crippen molar-refractivity contribution in [3.05, 3.63) is 29.8 Å². The minimum absolute atomic E-state index is 0.0718. The Hall–Kier alpha value is -1.64. The van der Waals surface area contributed by atoms with E-state index in [4.69, 9.17) is 4.74 Å². The summed E-state index contributed by atoms with van der Waals surface area (Å²) in [7, 11) is -3.44. The second-order valence-electron chi connectivity index (χ2n) is 6.86. The van der Waals surface area contributed by atoms with Gasteiger partial charge in [-0.3, -0.25) is 4.79 Å². The van der Waals surface area contributed by atoms with Crippen LogP contribution in [0.5, 0.6) is 5.75 Å². The number of hydrogen-bond acceptors (Lipinski definition) is 4. The van der Waals surface area contributed by atoms with Gasteiger partial charge in [-0.15, -0.1) is 0 Å². The summed E-state index contributed by atoms with van der Waals surface area (Å²) >= 11 is 0. The average Bonchev–Trinajstić information content (AvgIpc) is 2.72. The first kappa shape index (κ1) is 22.6. The molecule has 0 saturated carbocycles. The highest BCUT2D eigenvalue weighted by atomic mass is 32.2. The number of unbranched alkanes of at least 4 members (excludes halogenated alkanes) is 2. The van der Waals surface area contributed by atoms with Crippen molar-refractivity contribution in [3.8, 4) is 5.75 Å². The molecule has 1 aliphatic rings. The van der Waals surface area contributed by atoms with Crippen LogP contribution in [-0.2, 0) is 10.2 Å². The number of rotatable bonds is 10. The predicted molar refractivity (Wildman–Crippen MR) is 111 cm³/mol.